The van der Waals surface area contributed by atoms with Gasteiger partial charge in [0.05, 0.1) is 0 Å². The largest absolute Gasteiger partial charge is 0.0616 e. The minimum Gasteiger partial charge on any atom is -0.0616 e. The van der Waals surface area contributed by atoms with Crippen molar-refractivity contribution in [3.63, 3.8) is 0 Å². The third-order valence-electron chi connectivity index (χ3n) is 10.6. The summed E-state index contributed by atoms with van der Waals surface area (Å²) in [5.74, 6) is 0. The van der Waals surface area contributed by atoms with E-state index < -0.39 is 0 Å². The van der Waals surface area contributed by atoms with Crippen molar-refractivity contribution in [2.75, 3.05) is 0 Å². The Morgan fingerprint density at radius 2 is 0.844 bits per heavy atom. The molecule has 0 aromatic heterocycles. The lowest BCUT2D eigenvalue weighted by Crippen LogP contribution is -2.23. The first-order valence-electron chi connectivity index (χ1n) is 15.9. The lowest BCUT2D eigenvalue weighted by molar-refractivity contribution is 0.645. The van der Waals surface area contributed by atoms with E-state index in [2.05, 4.69) is 159 Å². The van der Waals surface area contributed by atoms with Crippen molar-refractivity contribution < 1.29 is 0 Å². The Kier molecular flexibility index (Phi) is 4.88. The molecule has 0 unspecified atom stereocenters. The van der Waals surface area contributed by atoms with Gasteiger partial charge >= 0.3 is 0 Å². The van der Waals surface area contributed by atoms with Crippen molar-refractivity contribution in [1.82, 2.24) is 0 Å². The predicted molar refractivity (Wildman–Crippen MR) is 192 cm³/mol. The van der Waals surface area contributed by atoms with Crippen LogP contribution in [0.1, 0.15) is 25.0 Å². The Balaban J connectivity index is 1.17. The van der Waals surface area contributed by atoms with Crippen LogP contribution in [0, 0.1) is 0 Å². The summed E-state index contributed by atoms with van der Waals surface area (Å²) < 4.78 is 0. The van der Waals surface area contributed by atoms with Gasteiger partial charge in [-0.05, 0) is 111 Å². The lowest BCUT2D eigenvalue weighted by Gasteiger charge is -2.36. The molecule has 0 saturated carbocycles. The van der Waals surface area contributed by atoms with Crippen LogP contribution < -0.4 is 0 Å². The summed E-state index contributed by atoms with van der Waals surface area (Å²) in [6, 6.07) is 54.5. The van der Waals surface area contributed by atoms with Gasteiger partial charge in [0.15, 0.2) is 0 Å². The van der Waals surface area contributed by atoms with Crippen molar-refractivity contribution in [1.29, 1.82) is 0 Å². The molecule has 0 atom stereocenters. The number of fused-ring (bicyclic) bond motifs is 7. The first kappa shape index (κ1) is 24.9. The van der Waals surface area contributed by atoms with E-state index in [0.29, 0.717) is 0 Å². The van der Waals surface area contributed by atoms with Crippen LogP contribution in [0.25, 0.3) is 88.0 Å². The molecule has 0 nitrogen and oxygen atoms in total. The molecule has 0 heterocycles. The highest BCUT2D eigenvalue weighted by molar-refractivity contribution is 6.21. The van der Waals surface area contributed by atoms with Crippen LogP contribution in [0.2, 0.25) is 0 Å². The van der Waals surface area contributed by atoms with Crippen LogP contribution in [0.3, 0.4) is 0 Å². The van der Waals surface area contributed by atoms with Crippen molar-refractivity contribution in [3.05, 3.63) is 157 Å². The van der Waals surface area contributed by atoms with Gasteiger partial charge in [-0.25, -0.2) is 0 Å². The van der Waals surface area contributed by atoms with Gasteiger partial charge in [-0.15, -0.1) is 0 Å². The Hall–Kier alpha value is -5.46. The number of rotatable bonds is 2. The zero-order valence-corrected chi connectivity index (χ0v) is 25.4. The van der Waals surface area contributed by atoms with Crippen molar-refractivity contribution in [2.24, 2.45) is 0 Å². The average Bonchev–Trinajstić information content (AvgIpc) is 3.41. The van der Waals surface area contributed by atoms with E-state index >= 15 is 0 Å². The second-order valence-corrected chi connectivity index (χ2v) is 13.3. The Morgan fingerprint density at radius 1 is 0.333 bits per heavy atom. The summed E-state index contributed by atoms with van der Waals surface area (Å²) in [5, 5.41) is 7.99. The molecule has 0 saturated heterocycles. The van der Waals surface area contributed by atoms with Crippen molar-refractivity contribution >= 4 is 32.3 Å². The van der Waals surface area contributed by atoms with Crippen LogP contribution in [0.15, 0.2) is 146 Å². The predicted octanol–water partition coefficient (Wildman–Crippen LogP) is 12.4. The Morgan fingerprint density at radius 3 is 1.53 bits per heavy atom. The standard InChI is InChI=1S/C45H30/c1-45(2)41-24-23-39-40-25-29(33-15-7-11-27-9-3-5-13-31(27)33)17-19-35(40)37-21-22-38(44(41)43(37)39)36-20-18-30(26-42(36)45)34-16-8-12-28-10-4-6-14-32(28)34/h3-26H,1-2H3. The zero-order valence-electron chi connectivity index (χ0n) is 25.4. The Labute approximate surface area is 263 Å². The molecular formula is C45H30. The molecule has 210 valence electrons. The maximum absolute atomic E-state index is 2.46. The van der Waals surface area contributed by atoms with Crippen LogP contribution in [-0.2, 0) is 5.41 Å². The first-order chi connectivity index (χ1) is 22.1. The van der Waals surface area contributed by atoms with Gasteiger partial charge in [-0.1, -0.05) is 147 Å². The monoisotopic (exact) mass is 570 g/mol. The molecule has 0 heteroatoms. The molecular weight excluding hydrogens is 540 g/mol. The topological polar surface area (TPSA) is 0 Å². The fourth-order valence-corrected chi connectivity index (χ4v) is 8.42. The highest BCUT2D eigenvalue weighted by Gasteiger charge is 2.36. The quantitative estimate of drug-likeness (QED) is 0.194. The molecule has 8 aromatic rings. The van der Waals surface area contributed by atoms with Gasteiger partial charge in [0, 0.05) is 5.41 Å². The van der Waals surface area contributed by atoms with Crippen LogP contribution in [-0.4, -0.2) is 0 Å². The van der Waals surface area contributed by atoms with Gasteiger partial charge in [-0.3, -0.25) is 0 Å². The SMILES string of the molecule is CC1(C)c2cc(-c3cccc4ccccc34)ccc2-c2ccc3c4c(ccc1c24)-c1cc(-c2cccc4ccccc24)ccc1-3. The fraction of sp³-hybridized carbons (Fsp3) is 0.0667. The highest BCUT2D eigenvalue weighted by Crippen LogP contribution is 2.56. The van der Waals surface area contributed by atoms with E-state index in [4.69, 9.17) is 0 Å². The third-order valence-corrected chi connectivity index (χ3v) is 10.6. The summed E-state index contributed by atoms with van der Waals surface area (Å²) in [7, 11) is 0. The van der Waals surface area contributed by atoms with E-state index in [0.717, 1.165) is 0 Å². The minimum absolute atomic E-state index is 0.136. The summed E-state index contributed by atoms with van der Waals surface area (Å²) in [6.45, 7) is 4.82. The van der Waals surface area contributed by atoms with E-state index in [1.807, 2.05) is 0 Å². The molecule has 0 fully saturated rings. The normalized spacial score (nSPS) is 13.7. The summed E-state index contributed by atoms with van der Waals surface area (Å²) in [5.41, 5.74) is 15.9. The summed E-state index contributed by atoms with van der Waals surface area (Å²) >= 11 is 0. The van der Waals surface area contributed by atoms with Gasteiger partial charge in [-0.2, -0.15) is 0 Å². The first-order valence-corrected chi connectivity index (χ1v) is 15.9. The van der Waals surface area contributed by atoms with Crippen molar-refractivity contribution in [3.8, 4) is 55.6 Å². The molecule has 0 spiro atoms. The molecule has 0 amide bonds. The Bertz CT molecular complexity index is 2550. The third kappa shape index (κ3) is 3.32. The minimum atomic E-state index is -0.136. The van der Waals surface area contributed by atoms with Gasteiger partial charge < -0.3 is 0 Å². The summed E-state index contributed by atoms with van der Waals surface area (Å²) in [6.07, 6.45) is 0. The maximum Gasteiger partial charge on any atom is 0.0159 e. The van der Waals surface area contributed by atoms with Crippen molar-refractivity contribution in [2.45, 2.75) is 19.3 Å². The van der Waals surface area contributed by atoms with Gasteiger partial charge in [0.25, 0.3) is 0 Å². The van der Waals surface area contributed by atoms with E-state index in [9.17, 15) is 0 Å². The van der Waals surface area contributed by atoms with Crippen LogP contribution in [0.4, 0.5) is 0 Å². The van der Waals surface area contributed by atoms with Crippen LogP contribution in [0.5, 0.6) is 0 Å². The molecule has 0 aliphatic heterocycles. The molecule has 8 aromatic carbocycles. The second-order valence-electron chi connectivity index (χ2n) is 13.3. The van der Waals surface area contributed by atoms with E-state index in [-0.39, 0.29) is 5.41 Å². The smallest absolute Gasteiger partial charge is 0.0159 e. The van der Waals surface area contributed by atoms with E-state index in [1.54, 1.807) is 0 Å². The van der Waals surface area contributed by atoms with Gasteiger partial charge in [0.1, 0.15) is 0 Å². The highest BCUT2D eigenvalue weighted by atomic mass is 14.4. The molecule has 0 N–H and O–H groups in total. The molecule has 10 rings (SSSR count). The zero-order chi connectivity index (χ0) is 29.9. The average molecular weight is 571 g/mol. The van der Waals surface area contributed by atoms with E-state index in [1.165, 1.54) is 99.1 Å². The number of hydrogen-bond donors (Lipinski definition) is 0. The molecule has 45 heavy (non-hydrogen) atoms. The van der Waals surface area contributed by atoms with Gasteiger partial charge in [0.2, 0.25) is 0 Å². The molecule has 0 radical (unpaired) electrons. The van der Waals surface area contributed by atoms with Crippen LogP contribution >= 0.6 is 0 Å². The summed E-state index contributed by atoms with van der Waals surface area (Å²) in [4.78, 5) is 0. The fourth-order valence-electron chi connectivity index (χ4n) is 8.42. The molecule has 0 bridgehead atoms. The maximum atomic E-state index is 2.46. The second kappa shape index (κ2) is 8.80. The number of hydrogen-bond acceptors (Lipinski definition) is 0. The molecule has 2 aliphatic carbocycles. The number of benzene rings is 8. The molecule has 2 aliphatic rings. The lowest BCUT2D eigenvalue weighted by atomic mass is 9.67.